The Labute approximate surface area is 129 Å². The van der Waals surface area contributed by atoms with Gasteiger partial charge in [-0.3, -0.25) is 4.79 Å². The Morgan fingerprint density at radius 3 is 2.74 bits per heavy atom. The van der Waals surface area contributed by atoms with Crippen LogP contribution in [0.2, 0.25) is 5.02 Å². The molecule has 0 aliphatic carbocycles. The summed E-state index contributed by atoms with van der Waals surface area (Å²) in [6.45, 7) is 0.924. The highest BCUT2D eigenvalue weighted by atomic mass is 79.9. The third-order valence-corrected chi connectivity index (χ3v) is 4.31. The Hall–Kier alpha value is -0.880. The lowest BCUT2D eigenvalue weighted by molar-refractivity contribution is -0.115. The Balaban J connectivity index is 1.77. The molecule has 0 saturated carbocycles. The van der Waals surface area contributed by atoms with Crippen LogP contribution in [0.4, 0.5) is 5.69 Å². The molecule has 0 aliphatic heterocycles. The van der Waals surface area contributed by atoms with Crippen LogP contribution in [0.25, 0.3) is 0 Å². The number of halogens is 2. The summed E-state index contributed by atoms with van der Waals surface area (Å²) in [7, 11) is 0. The Kier molecular flexibility index (Phi) is 5.39. The van der Waals surface area contributed by atoms with Gasteiger partial charge in [-0.25, -0.2) is 0 Å². The van der Waals surface area contributed by atoms with E-state index in [0.717, 1.165) is 3.79 Å². The fourth-order valence-electron chi connectivity index (χ4n) is 1.50. The summed E-state index contributed by atoms with van der Waals surface area (Å²) >= 11 is 11.0. The van der Waals surface area contributed by atoms with E-state index in [1.165, 1.54) is 4.88 Å². The fraction of sp³-hybridized carbons (Fsp3) is 0.154. The standard InChI is InChI=1S/C13H12BrClN2OS/c14-12-6-5-9(19-12)7-16-8-13(18)17-11-4-2-1-3-10(11)15/h1-6,16H,7-8H2,(H,17,18). The second-order valence-electron chi connectivity index (χ2n) is 3.84. The summed E-state index contributed by atoms with van der Waals surface area (Å²) in [5.41, 5.74) is 0.634. The first kappa shape index (κ1) is 14.5. The second-order valence-corrected chi connectivity index (χ2v) is 6.79. The molecule has 3 nitrogen and oxygen atoms in total. The van der Waals surface area contributed by atoms with E-state index >= 15 is 0 Å². The molecule has 0 unspecified atom stereocenters. The van der Waals surface area contributed by atoms with Crippen molar-refractivity contribution in [1.82, 2.24) is 5.32 Å². The molecule has 1 heterocycles. The van der Waals surface area contributed by atoms with Crippen LogP contribution in [0.15, 0.2) is 40.2 Å². The monoisotopic (exact) mass is 358 g/mol. The van der Waals surface area contributed by atoms with E-state index in [0.29, 0.717) is 17.3 Å². The molecule has 1 aromatic carbocycles. The minimum atomic E-state index is -0.108. The van der Waals surface area contributed by atoms with E-state index in [1.54, 1.807) is 23.5 Å². The molecule has 0 radical (unpaired) electrons. The predicted octanol–water partition coefficient (Wildman–Crippen LogP) is 3.89. The first-order chi connectivity index (χ1) is 9.15. The van der Waals surface area contributed by atoms with Gasteiger partial charge in [0.05, 0.1) is 21.0 Å². The predicted molar refractivity (Wildman–Crippen MR) is 83.8 cm³/mol. The van der Waals surface area contributed by atoms with Crippen LogP contribution < -0.4 is 10.6 Å². The number of rotatable bonds is 5. The molecule has 2 rings (SSSR count). The Morgan fingerprint density at radius 2 is 2.05 bits per heavy atom. The molecule has 0 bridgehead atoms. The molecular formula is C13H12BrClN2OS. The Morgan fingerprint density at radius 1 is 1.26 bits per heavy atom. The number of anilines is 1. The lowest BCUT2D eigenvalue weighted by atomic mass is 10.3. The van der Waals surface area contributed by atoms with E-state index in [-0.39, 0.29) is 12.5 Å². The summed E-state index contributed by atoms with van der Waals surface area (Å²) in [5, 5.41) is 6.39. The number of para-hydroxylation sites is 1. The molecule has 0 atom stereocenters. The maximum atomic E-state index is 11.7. The minimum Gasteiger partial charge on any atom is -0.324 e. The van der Waals surface area contributed by atoms with Crippen LogP contribution in [0.1, 0.15) is 4.88 Å². The summed E-state index contributed by atoms with van der Waals surface area (Å²) in [6, 6.07) is 11.2. The zero-order valence-corrected chi connectivity index (χ0v) is 13.1. The average Bonchev–Trinajstić information content (AvgIpc) is 2.78. The molecule has 2 aromatic rings. The quantitative estimate of drug-likeness (QED) is 0.850. The number of hydrogen-bond donors (Lipinski definition) is 2. The van der Waals surface area contributed by atoms with Crippen LogP contribution in [0, 0.1) is 0 Å². The van der Waals surface area contributed by atoms with Crippen molar-refractivity contribution in [3.8, 4) is 0 Å². The van der Waals surface area contributed by atoms with Gasteiger partial charge in [-0.2, -0.15) is 0 Å². The smallest absolute Gasteiger partial charge is 0.238 e. The maximum absolute atomic E-state index is 11.7. The minimum absolute atomic E-state index is 0.108. The van der Waals surface area contributed by atoms with Crippen molar-refractivity contribution in [2.75, 3.05) is 11.9 Å². The van der Waals surface area contributed by atoms with Crippen molar-refractivity contribution in [2.24, 2.45) is 0 Å². The zero-order valence-electron chi connectivity index (χ0n) is 9.95. The van der Waals surface area contributed by atoms with Gasteiger partial charge in [0.15, 0.2) is 0 Å². The summed E-state index contributed by atoms with van der Waals surface area (Å²) in [5.74, 6) is -0.108. The van der Waals surface area contributed by atoms with E-state index < -0.39 is 0 Å². The lowest BCUT2D eigenvalue weighted by Crippen LogP contribution is -2.27. The molecule has 100 valence electrons. The highest BCUT2D eigenvalue weighted by Crippen LogP contribution is 2.22. The topological polar surface area (TPSA) is 41.1 Å². The third kappa shape index (κ3) is 4.62. The van der Waals surface area contributed by atoms with Gasteiger partial charge < -0.3 is 10.6 Å². The number of carbonyl (C=O) groups is 1. The van der Waals surface area contributed by atoms with E-state index in [9.17, 15) is 4.79 Å². The second kappa shape index (κ2) is 7.05. The van der Waals surface area contributed by atoms with Gasteiger partial charge in [0.1, 0.15) is 0 Å². The Bertz CT molecular complexity index is 573. The van der Waals surface area contributed by atoms with Crippen molar-refractivity contribution in [2.45, 2.75) is 6.54 Å². The maximum Gasteiger partial charge on any atom is 0.238 e. The third-order valence-electron chi connectivity index (χ3n) is 2.36. The normalized spacial score (nSPS) is 10.4. The van der Waals surface area contributed by atoms with Gasteiger partial charge in [-0.05, 0) is 40.2 Å². The van der Waals surface area contributed by atoms with E-state index in [2.05, 4.69) is 26.6 Å². The van der Waals surface area contributed by atoms with Crippen molar-refractivity contribution in [3.63, 3.8) is 0 Å². The van der Waals surface area contributed by atoms with Gasteiger partial charge in [-0.1, -0.05) is 23.7 Å². The van der Waals surface area contributed by atoms with Crippen LogP contribution in [0.5, 0.6) is 0 Å². The van der Waals surface area contributed by atoms with Gasteiger partial charge in [0, 0.05) is 11.4 Å². The highest BCUT2D eigenvalue weighted by Gasteiger charge is 2.05. The van der Waals surface area contributed by atoms with Gasteiger partial charge in [-0.15, -0.1) is 11.3 Å². The molecule has 0 aliphatic rings. The van der Waals surface area contributed by atoms with Crippen molar-refractivity contribution < 1.29 is 4.79 Å². The van der Waals surface area contributed by atoms with E-state index in [4.69, 9.17) is 11.6 Å². The molecule has 6 heteroatoms. The number of amides is 1. The number of hydrogen-bond acceptors (Lipinski definition) is 3. The summed E-state index contributed by atoms with van der Waals surface area (Å²) in [6.07, 6.45) is 0. The number of carbonyl (C=O) groups excluding carboxylic acids is 1. The van der Waals surface area contributed by atoms with Crippen molar-refractivity contribution >= 4 is 50.5 Å². The number of thiophene rings is 1. The molecule has 2 N–H and O–H groups in total. The zero-order chi connectivity index (χ0) is 13.7. The molecule has 0 fully saturated rings. The highest BCUT2D eigenvalue weighted by molar-refractivity contribution is 9.11. The van der Waals surface area contributed by atoms with Gasteiger partial charge in [0.2, 0.25) is 5.91 Å². The molecule has 1 amide bonds. The van der Waals surface area contributed by atoms with E-state index in [1.807, 2.05) is 24.3 Å². The van der Waals surface area contributed by atoms with Crippen molar-refractivity contribution in [3.05, 3.63) is 50.1 Å². The SMILES string of the molecule is O=C(CNCc1ccc(Br)s1)Nc1ccccc1Cl. The molecule has 1 aromatic heterocycles. The van der Waals surface area contributed by atoms with Crippen LogP contribution in [0.3, 0.4) is 0 Å². The average molecular weight is 360 g/mol. The summed E-state index contributed by atoms with van der Waals surface area (Å²) < 4.78 is 1.09. The van der Waals surface area contributed by atoms with Crippen LogP contribution in [-0.4, -0.2) is 12.5 Å². The molecule has 19 heavy (non-hydrogen) atoms. The molecule has 0 spiro atoms. The number of benzene rings is 1. The first-order valence-electron chi connectivity index (χ1n) is 5.64. The van der Waals surface area contributed by atoms with Gasteiger partial charge in [0.25, 0.3) is 0 Å². The number of nitrogens with one attached hydrogen (secondary N) is 2. The van der Waals surface area contributed by atoms with Crippen LogP contribution >= 0.6 is 38.9 Å². The molecular weight excluding hydrogens is 348 g/mol. The summed E-state index contributed by atoms with van der Waals surface area (Å²) in [4.78, 5) is 12.9. The lowest BCUT2D eigenvalue weighted by Gasteiger charge is -2.07. The van der Waals surface area contributed by atoms with Crippen molar-refractivity contribution in [1.29, 1.82) is 0 Å². The van der Waals surface area contributed by atoms with Gasteiger partial charge >= 0.3 is 0 Å². The molecule has 0 saturated heterocycles. The first-order valence-corrected chi connectivity index (χ1v) is 7.63. The largest absolute Gasteiger partial charge is 0.324 e. The van der Waals surface area contributed by atoms with Crippen LogP contribution in [-0.2, 0) is 11.3 Å². The fourth-order valence-corrected chi connectivity index (χ4v) is 3.14.